The van der Waals surface area contributed by atoms with E-state index in [1.54, 1.807) is 0 Å². The van der Waals surface area contributed by atoms with E-state index in [9.17, 15) is 0 Å². The molecule has 1 atom stereocenters. The van der Waals surface area contributed by atoms with Crippen LogP contribution < -0.4 is 5.32 Å². The van der Waals surface area contributed by atoms with Gasteiger partial charge in [0, 0.05) is 38.8 Å². The van der Waals surface area contributed by atoms with Crippen molar-refractivity contribution in [2.75, 3.05) is 46.8 Å². The average molecular weight is 275 g/mol. The Balaban J connectivity index is 1.93. The van der Waals surface area contributed by atoms with Crippen LogP contribution in [0.5, 0.6) is 0 Å². The van der Waals surface area contributed by atoms with E-state index in [1.165, 1.54) is 50.1 Å². The molecule has 0 aromatic heterocycles. The summed E-state index contributed by atoms with van der Waals surface area (Å²) < 4.78 is 0. The summed E-state index contributed by atoms with van der Waals surface area (Å²) in [6, 6.07) is 9.60. The Morgan fingerprint density at radius 3 is 2.30 bits per heavy atom. The summed E-state index contributed by atoms with van der Waals surface area (Å²) >= 11 is 0. The Morgan fingerprint density at radius 2 is 1.75 bits per heavy atom. The van der Waals surface area contributed by atoms with Crippen molar-refractivity contribution in [1.82, 2.24) is 15.1 Å². The number of hydrogen-bond donors (Lipinski definition) is 1. The standard InChI is InChI=1S/C17H29N3/c1-4-5-15-6-8-16(9-7-15)17(18-2)14-20-12-10-19(3)11-13-20/h6-9,17-18H,4-5,10-14H2,1-3H3. The van der Waals surface area contributed by atoms with Crippen molar-refractivity contribution in [1.29, 1.82) is 0 Å². The Morgan fingerprint density at radius 1 is 1.10 bits per heavy atom. The van der Waals surface area contributed by atoms with E-state index in [0.29, 0.717) is 6.04 Å². The van der Waals surface area contributed by atoms with Crippen molar-refractivity contribution in [2.24, 2.45) is 0 Å². The molecule has 20 heavy (non-hydrogen) atoms. The molecule has 0 aliphatic carbocycles. The Labute approximate surface area is 124 Å². The summed E-state index contributed by atoms with van der Waals surface area (Å²) in [5.74, 6) is 0. The van der Waals surface area contributed by atoms with Crippen molar-refractivity contribution in [3.8, 4) is 0 Å². The number of benzene rings is 1. The number of likely N-dealkylation sites (N-methyl/N-ethyl adjacent to an activating group) is 2. The highest BCUT2D eigenvalue weighted by Crippen LogP contribution is 2.16. The molecule has 2 rings (SSSR count). The summed E-state index contributed by atoms with van der Waals surface area (Å²) in [6.45, 7) is 8.08. The fraction of sp³-hybridized carbons (Fsp3) is 0.647. The van der Waals surface area contributed by atoms with Gasteiger partial charge in [-0.2, -0.15) is 0 Å². The fourth-order valence-electron chi connectivity index (χ4n) is 2.86. The molecule has 1 aliphatic rings. The normalized spacial score (nSPS) is 19.1. The van der Waals surface area contributed by atoms with Crippen molar-refractivity contribution < 1.29 is 0 Å². The lowest BCUT2D eigenvalue weighted by Gasteiger charge is -2.34. The molecule has 1 aliphatic heterocycles. The number of nitrogens with one attached hydrogen (secondary N) is 1. The maximum atomic E-state index is 3.47. The van der Waals surface area contributed by atoms with Gasteiger partial charge in [0.1, 0.15) is 0 Å². The topological polar surface area (TPSA) is 18.5 Å². The largest absolute Gasteiger partial charge is 0.312 e. The van der Waals surface area contributed by atoms with Crippen LogP contribution in [0.15, 0.2) is 24.3 Å². The first-order chi connectivity index (χ1) is 9.72. The number of rotatable bonds is 6. The highest BCUT2D eigenvalue weighted by atomic mass is 15.3. The highest BCUT2D eigenvalue weighted by Gasteiger charge is 2.18. The zero-order valence-corrected chi connectivity index (χ0v) is 13.2. The van der Waals surface area contributed by atoms with Crippen LogP contribution in [0.2, 0.25) is 0 Å². The Kier molecular flexibility index (Phi) is 6.02. The van der Waals surface area contributed by atoms with Crippen LogP contribution in [0.25, 0.3) is 0 Å². The Bertz CT molecular complexity index is 380. The van der Waals surface area contributed by atoms with E-state index in [4.69, 9.17) is 0 Å². The third-order valence-electron chi connectivity index (χ3n) is 4.31. The summed E-state index contributed by atoms with van der Waals surface area (Å²) in [5, 5.41) is 3.47. The van der Waals surface area contributed by atoms with Gasteiger partial charge >= 0.3 is 0 Å². The quantitative estimate of drug-likeness (QED) is 0.858. The van der Waals surface area contributed by atoms with Crippen LogP contribution in [0.3, 0.4) is 0 Å². The van der Waals surface area contributed by atoms with Gasteiger partial charge in [-0.1, -0.05) is 37.6 Å². The third kappa shape index (κ3) is 4.30. The molecule has 112 valence electrons. The van der Waals surface area contributed by atoms with E-state index in [-0.39, 0.29) is 0 Å². The van der Waals surface area contributed by atoms with E-state index in [0.717, 1.165) is 6.54 Å². The molecule has 0 saturated carbocycles. The van der Waals surface area contributed by atoms with Crippen molar-refractivity contribution >= 4 is 0 Å². The van der Waals surface area contributed by atoms with Gasteiger partial charge in [0.25, 0.3) is 0 Å². The van der Waals surface area contributed by atoms with E-state index < -0.39 is 0 Å². The lowest BCUT2D eigenvalue weighted by molar-refractivity contribution is 0.143. The predicted molar refractivity (Wildman–Crippen MR) is 86.2 cm³/mol. The SMILES string of the molecule is CCCc1ccc(C(CN2CCN(C)CC2)NC)cc1. The van der Waals surface area contributed by atoms with E-state index >= 15 is 0 Å². The molecule has 3 nitrogen and oxygen atoms in total. The van der Waals surface area contributed by atoms with Crippen molar-refractivity contribution in [2.45, 2.75) is 25.8 Å². The van der Waals surface area contributed by atoms with Crippen LogP contribution in [0, 0.1) is 0 Å². The minimum absolute atomic E-state index is 0.439. The molecule has 1 aromatic carbocycles. The van der Waals surface area contributed by atoms with Gasteiger partial charge in [0.15, 0.2) is 0 Å². The van der Waals surface area contributed by atoms with Crippen LogP contribution in [-0.4, -0.2) is 56.6 Å². The minimum Gasteiger partial charge on any atom is -0.312 e. The van der Waals surface area contributed by atoms with E-state index in [1.807, 2.05) is 0 Å². The molecule has 3 heteroatoms. The Hall–Kier alpha value is -0.900. The van der Waals surface area contributed by atoms with Gasteiger partial charge in [-0.05, 0) is 31.6 Å². The van der Waals surface area contributed by atoms with Gasteiger partial charge in [0.05, 0.1) is 0 Å². The first kappa shape index (κ1) is 15.5. The third-order valence-corrected chi connectivity index (χ3v) is 4.31. The lowest BCUT2D eigenvalue weighted by Crippen LogP contribution is -2.47. The molecule has 0 radical (unpaired) electrons. The number of hydrogen-bond acceptors (Lipinski definition) is 3. The molecule has 1 saturated heterocycles. The molecule has 1 N–H and O–H groups in total. The zero-order chi connectivity index (χ0) is 14.4. The molecular weight excluding hydrogens is 246 g/mol. The second kappa shape index (κ2) is 7.77. The van der Waals surface area contributed by atoms with Crippen LogP contribution in [0.4, 0.5) is 0 Å². The fourth-order valence-corrected chi connectivity index (χ4v) is 2.86. The summed E-state index contributed by atoms with van der Waals surface area (Å²) in [6.07, 6.45) is 2.40. The monoisotopic (exact) mass is 275 g/mol. The summed E-state index contributed by atoms with van der Waals surface area (Å²) in [7, 11) is 4.28. The van der Waals surface area contributed by atoms with Crippen LogP contribution in [-0.2, 0) is 6.42 Å². The molecule has 0 spiro atoms. The first-order valence-corrected chi connectivity index (χ1v) is 7.90. The van der Waals surface area contributed by atoms with Gasteiger partial charge in [0.2, 0.25) is 0 Å². The molecule has 1 heterocycles. The maximum absolute atomic E-state index is 3.47. The van der Waals surface area contributed by atoms with Gasteiger partial charge in [-0.3, -0.25) is 4.90 Å². The highest BCUT2D eigenvalue weighted by molar-refractivity contribution is 5.25. The van der Waals surface area contributed by atoms with Crippen LogP contribution in [0.1, 0.15) is 30.5 Å². The van der Waals surface area contributed by atoms with Gasteiger partial charge in [-0.15, -0.1) is 0 Å². The predicted octanol–water partition coefficient (Wildman–Crippen LogP) is 2.15. The molecule has 1 fully saturated rings. The maximum Gasteiger partial charge on any atom is 0.0446 e. The minimum atomic E-state index is 0.439. The number of piperazine rings is 1. The molecule has 0 bridgehead atoms. The first-order valence-electron chi connectivity index (χ1n) is 7.90. The molecule has 1 unspecified atom stereocenters. The number of aryl methyl sites for hydroxylation is 1. The second-order valence-corrected chi connectivity index (χ2v) is 5.94. The summed E-state index contributed by atoms with van der Waals surface area (Å²) in [4.78, 5) is 4.98. The van der Waals surface area contributed by atoms with Crippen molar-refractivity contribution in [3.05, 3.63) is 35.4 Å². The smallest absolute Gasteiger partial charge is 0.0446 e. The lowest BCUT2D eigenvalue weighted by atomic mass is 10.0. The van der Waals surface area contributed by atoms with Crippen molar-refractivity contribution in [3.63, 3.8) is 0 Å². The average Bonchev–Trinajstić information content (AvgIpc) is 2.48. The molecular formula is C17H29N3. The van der Waals surface area contributed by atoms with Crippen LogP contribution >= 0.6 is 0 Å². The van der Waals surface area contributed by atoms with Gasteiger partial charge in [-0.25, -0.2) is 0 Å². The zero-order valence-electron chi connectivity index (χ0n) is 13.2. The van der Waals surface area contributed by atoms with Gasteiger partial charge < -0.3 is 10.2 Å². The number of nitrogens with zero attached hydrogens (tertiary/aromatic N) is 2. The second-order valence-electron chi connectivity index (χ2n) is 5.94. The summed E-state index contributed by atoms with van der Waals surface area (Å²) in [5.41, 5.74) is 2.86. The molecule has 1 aromatic rings. The van der Waals surface area contributed by atoms with E-state index in [2.05, 4.69) is 60.4 Å². The molecule has 0 amide bonds.